The molecule has 134 valence electrons. The number of rotatable bonds is 8. The molecule has 1 N–H and O–H groups in total. The van der Waals surface area contributed by atoms with Crippen molar-refractivity contribution in [3.8, 4) is 0 Å². The van der Waals surface area contributed by atoms with Gasteiger partial charge < -0.3 is 15.0 Å². The van der Waals surface area contributed by atoms with Crippen molar-refractivity contribution in [2.75, 3.05) is 25.6 Å². The zero-order valence-corrected chi connectivity index (χ0v) is 15.4. The molecule has 0 heterocycles. The summed E-state index contributed by atoms with van der Waals surface area (Å²) in [6, 6.07) is 16.0. The highest BCUT2D eigenvalue weighted by Crippen LogP contribution is 2.16. The van der Waals surface area contributed by atoms with Crippen LogP contribution in [-0.2, 0) is 11.3 Å². The van der Waals surface area contributed by atoms with Crippen molar-refractivity contribution in [3.63, 3.8) is 0 Å². The van der Waals surface area contributed by atoms with Crippen LogP contribution in [0.25, 0.3) is 0 Å². The van der Waals surface area contributed by atoms with Crippen LogP contribution >= 0.6 is 0 Å². The normalized spacial score (nSPS) is 10.5. The molecule has 0 spiro atoms. The number of amides is 2. The van der Waals surface area contributed by atoms with Crippen LogP contribution in [0.2, 0.25) is 0 Å². The van der Waals surface area contributed by atoms with Gasteiger partial charge in [-0.25, -0.2) is 4.79 Å². The second-order valence-electron chi connectivity index (χ2n) is 6.34. The Hall–Kier alpha value is -2.33. The van der Waals surface area contributed by atoms with Gasteiger partial charge in [-0.05, 0) is 55.5 Å². The summed E-state index contributed by atoms with van der Waals surface area (Å²) in [6.07, 6.45) is 1.86. The van der Waals surface area contributed by atoms with E-state index in [2.05, 4.69) is 19.2 Å². The molecule has 4 nitrogen and oxygen atoms in total. The molecular formula is C21H28N2O2. The molecule has 25 heavy (non-hydrogen) atoms. The summed E-state index contributed by atoms with van der Waals surface area (Å²) in [4.78, 5) is 14.6. The van der Waals surface area contributed by atoms with E-state index in [1.54, 1.807) is 7.11 Å². The van der Waals surface area contributed by atoms with Crippen LogP contribution in [0, 0.1) is 13.8 Å². The average molecular weight is 340 g/mol. The Morgan fingerprint density at radius 2 is 1.80 bits per heavy atom. The minimum atomic E-state index is -0.0653. The van der Waals surface area contributed by atoms with Crippen LogP contribution in [0.1, 0.15) is 29.5 Å². The SMILES string of the molecule is COCCCCN(Cc1ccccc1)C(=O)Nc1ccc(C)c(C)c1. The average Bonchev–Trinajstić information content (AvgIpc) is 2.61. The van der Waals surface area contributed by atoms with Gasteiger partial charge in [-0.3, -0.25) is 0 Å². The zero-order valence-electron chi connectivity index (χ0n) is 15.4. The highest BCUT2D eigenvalue weighted by atomic mass is 16.5. The van der Waals surface area contributed by atoms with Gasteiger partial charge in [0.1, 0.15) is 0 Å². The second kappa shape index (κ2) is 9.84. The molecule has 0 bridgehead atoms. The van der Waals surface area contributed by atoms with E-state index >= 15 is 0 Å². The molecule has 0 aromatic heterocycles. The van der Waals surface area contributed by atoms with Gasteiger partial charge in [-0.15, -0.1) is 0 Å². The number of anilines is 1. The van der Waals surface area contributed by atoms with Crippen molar-refractivity contribution in [2.24, 2.45) is 0 Å². The van der Waals surface area contributed by atoms with Crippen LogP contribution in [0.5, 0.6) is 0 Å². The number of urea groups is 1. The number of benzene rings is 2. The van der Waals surface area contributed by atoms with Crippen LogP contribution in [0.4, 0.5) is 10.5 Å². The first-order chi connectivity index (χ1) is 12.1. The van der Waals surface area contributed by atoms with Gasteiger partial charge in [0.25, 0.3) is 0 Å². The standard InChI is InChI=1S/C21H28N2O2/c1-17-11-12-20(15-18(17)2)22-21(24)23(13-7-8-14-25-3)16-19-9-5-4-6-10-19/h4-6,9-12,15H,7-8,13-14,16H2,1-3H3,(H,22,24). The highest BCUT2D eigenvalue weighted by molar-refractivity contribution is 5.89. The number of carbonyl (C=O) groups excluding carboxylic acids is 1. The van der Waals surface area contributed by atoms with E-state index in [0.717, 1.165) is 30.7 Å². The van der Waals surface area contributed by atoms with Crippen LogP contribution < -0.4 is 5.32 Å². The first kappa shape index (κ1) is 19.0. The van der Waals surface area contributed by atoms with E-state index in [-0.39, 0.29) is 6.03 Å². The molecule has 2 rings (SSSR count). The summed E-state index contributed by atoms with van der Waals surface area (Å²) in [5.74, 6) is 0. The van der Waals surface area contributed by atoms with E-state index in [9.17, 15) is 4.79 Å². The lowest BCUT2D eigenvalue weighted by atomic mass is 10.1. The lowest BCUT2D eigenvalue weighted by Crippen LogP contribution is -2.35. The Morgan fingerprint density at radius 3 is 2.48 bits per heavy atom. The third-order valence-corrected chi connectivity index (χ3v) is 4.29. The number of aryl methyl sites for hydroxylation is 2. The molecule has 0 aliphatic rings. The highest BCUT2D eigenvalue weighted by Gasteiger charge is 2.14. The molecule has 0 fully saturated rings. The number of methoxy groups -OCH3 is 1. The smallest absolute Gasteiger partial charge is 0.322 e. The maximum Gasteiger partial charge on any atom is 0.322 e. The van der Waals surface area contributed by atoms with Crippen molar-refractivity contribution in [1.82, 2.24) is 4.90 Å². The van der Waals surface area contributed by atoms with Crippen molar-refractivity contribution in [3.05, 3.63) is 65.2 Å². The summed E-state index contributed by atoms with van der Waals surface area (Å²) in [6.45, 7) is 6.15. The van der Waals surface area contributed by atoms with Crippen molar-refractivity contribution in [1.29, 1.82) is 0 Å². The zero-order chi connectivity index (χ0) is 18.1. The largest absolute Gasteiger partial charge is 0.385 e. The van der Waals surface area contributed by atoms with Gasteiger partial charge in [0, 0.05) is 32.5 Å². The molecule has 4 heteroatoms. The van der Waals surface area contributed by atoms with Crippen LogP contribution in [-0.4, -0.2) is 31.2 Å². The molecule has 0 radical (unpaired) electrons. The van der Waals surface area contributed by atoms with Gasteiger partial charge in [-0.2, -0.15) is 0 Å². The van der Waals surface area contributed by atoms with E-state index in [1.807, 2.05) is 53.4 Å². The minimum Gasteiger partial charge on any atom is -0.385 e. The molecule has 0 aliphatic heterocycles. The first-order valence-corrected chi connectivity index (χ1v) is 8.76. The number of nitrogens with zero attached hydrogens (tertiary/aromatic N) is 1. The second-order valence-corrected chi connectivity index (χ2v) is 6.34. The summed E-state index contributed by atoms with van der Waals surface area (Å²) < 4.78 is 5.10. The number of hydrogen-bond donors (Lipinski definition) is 1. The van der Waals surface area contributed by atoms with Gasteiger partial charge in [0.15, 0.2) is 0 Å². The minimum absolute atomic E-state index is 0.0653. The van der Waals surface area contributed by atoms with Crippen molar-refractivity contribution in [2.45, 2.75) is 33.2 Å². The molecular weight excluding hydrogens is 312 g/mol. The molecule has 0 atom stereocenters. The number of unbranched alkanes of at least 4 members (excludes halogenated alkanes) is 1. The Morgan fingerprint density at radius 1 is 1.04 bits per heavy atom. The summed E-state index contributed by atoms with van der Waals surface area (Å²) >= 11 is 0. The monoisotopic (exact) mass is 340 g/mol. The van der Waals surface area contributed by atoms with Gasteiger partial charge >= 0.3 is 6.03 Å². The number of carbonyl (C=O) groups is 1. The van der Waals surface area contributed by atoms with Crippen molar-refractivity contribution < 1.29 is 9.53 Å². The molecule has 0 saturated carbocycles. The topological polar surface area (TPSA) is 41.6 Å². The van der Waals surface area contributed by atoms with E-state index in [0.29, 0.717) is 13.1 Å². The van der Waals surface area contributed by atoms with E-state index in [1.165, 1.54) is 11.1 Å². The Labute approximate surface area is 150 Å². The predicted octanol–water partition coefficient (Wildman–Crippen LogP) is 4.76. The first-order valence-electron chi connectivity index (χ1n) is 8.76. The number of nitrogens with one attached hydrogen (secondary N) is 1. The fourth-order valence-electron chi connectivity index (χ4n) is 2.63. The summed E-state index contributed by atoms with van der Waals surface area (Å²) in [7, 11) is 1.70. The van der Waals surface area contributed by atoms with Gasteiger partial charge in [0.05, 0.1) is 0 Å². The third-order valence-electron chi connectivity index (χ3n) is 4.29. The van der Waals surface area contributed by atoms with Crippen LogP contribution in [0.15, 0.2) is 48.5 Å². The molecule has 0 unspecified atom stereocenters. The molecule has 2 aromatic carbocycles. The summed E-state index contributed by atoms with van der Waals surface area (Å²) in [5, 5.41) is 3.03. The van der Waals surface area contributed by atoms with E-state index in [4.69, 9.17) is 4.74 Å². The number of hydrogen-bond acceptors (Lipinski definition) is 2. The molecule has 0 aliphatic carbocycles. The Kier molecular flexibility index (Phi) is 7.48. The Bertz CT molecular complexity index is 671. The van der Waals surface area contributed by atoms with Crippen molar-refractivity contribution >= 4 is 11.7 Å². The summed E-state index contributed by atoms with van der Waals surface area (Å²) in [5.41, 5.74) is 4.36. The lowest BCUT2D eigenvalue weighted by molar-refractivity contribution is 0.182. The molecule has 2 aromatic rings. The van der Waals surface area contributed by atoms with Gasteiger partial charge in [-0.1, -0.05) is 36.4 Å². The predicted molar refractivity (Wildman–Crippen MR) is 103 cm³/mol. The fourth-order valence-corrected chi connectivity index (χ4v) is 2.63. The molecule has 2 amide bonds. The maximum absolute atomic E-state index is 12.8. The molecule has 0 saturated heterocycles. The third kappa shape index (κ3) is 6.24. The van der Waals surface area contributed by atoms with Crippen LogP contribution in [0.3, 0.4) is 0 Å². The Balaban J connectivity index is 2.03. The number of ether oxygens (including phenoxy) is 1. The lowest BCUT2D eigenvalue weighted by Gasteiger charge is -2.23. The maximum atomic E-state index is 12.8. The quantitative estimate of drug-likeness (QED) is 0.704. The van der Waals surface area contributed by atoms with Gasteiger partial charge in [0.2, 0.25) is 0 Å². The fraction of sp³-hybridized carbons (Fsp3) is 0.381. The van der Waals surface area contributed by atoms with E-state index < -0.39 is 0 Å².